The van der Waals surface area contributed by atoms with Gasteiger partial charge in [0.15, 0.2) is 12.4 Å². The molecule has 0 aliphatic carbocycles. The number of pyridine rings is 2. The summed E-state index contributed by atoms with van der Waals surface area (Å²) < 4.78 is 6.93. The number of nitrogen functional groups attached to an aromatic ring is 1. The summed E-state index contributed by atoms with van der Waals surface area (Å²) in [5.41, 5.74) is -0.663. The molecule has 7 nitrogen and oxygen atoms in total. The van der Waals surface area contributed by atoms with Gasteiger partial charge in [0.1, 0.15) is 5.56 Å². The van der Waals surface area contributed by atoms with E-state index < -0.39 is 17.4 Å². The summed E-state index contributed by atoms with van der Waals surface area (Å²) in [5, 5.41) is 10.0. The van der Waals surface area contributed by atoms with Crippen molar-refractivity contribution in [3.8, 4) is 11.6 Å². The predicted octanol–water partition coefficient (Wildman–Crippen LogP) is -3.27. The Labute approximate surface area is 126 Å². The van der Waals surface area contributed by atoms with Crippen molar-refractivity contribution in [2.75, 3.05) is 12.4 Å². The number of carbonyl (C=O) groups excluding carboxylic acids is 1. The Balaban J connectivity index is 0.00000220. The lowest BCUT2D eigenvalue weighted by atomic mass is 10.2. The zero-order chi connectivity index (χ0) is 14.7. The molecule has 0 aliphatic heterocycles. The number of rotatable bonds is 3. The van der Waals surface area contributed by atoms with Gasteiger partial charge in [-0.3, -0.25) is 4.79 Å². The number of nitrogens with two attached hydrogens (primary N) is 1. The van der Waals surface area contributed by atoms with Gasteiger partial charge < -0.3 is 28.1 Å². The first-order valence-electron chi connectivity index (χ1n) is 5.94. The van der Waals surface area contributed by atoms with E-state index in [1.165, 1.54) is 4.57 Å². The molecule has 0 bridgehead atoms. The molecule has 0 atom stereocenters. The average Bonchev–Trinajstić information content (AvgIpc) is 2.45. The Morgan fingerprint density at radius 1 is 1.38 bits per heavy atom. The van der Waals surface area contributed by atoms with Gasteiger partial charge in [-0.2, -0.15) is 9.24 Å². The summed E-state index contributed by atoms with van der Waals surface area (Å²) in [6, 6.07) is 6.23. The first kappa shape index (κ1) is 16.5. The molecule has 0 fully saturated rings. The quantitative estimate of drug-likeness (QED) is 0.352. The molecule has 0 spiro atoms. The molecule has 2 rings (SSSR count). The summed E-state index contributed by atoms with van der Waals surface area (Å²) in [4.78, 5) is 23.5. The van der Waals surface area contributed by atoms with Crippen LogP contribution in [0.3, 0.4) is 0 Å². The molecule has 0 unspecified atom stereocenters. The summed E-state index contributed by atoms with van der Waals surface area (Å²) in [6.45, 7) is 1.81. The van der Waals surface area contributed by atoms with Crippen LogP contribution < -0.4 is 28.4 Å². The van der Waals surface area contributed by atoms with Crippen molar-refractivity contribution in [1.82, 2.24) is 4.68 Å². The molecule has 0 saturated heterocycles. The zero-order valence-corrected chi connectivity index (χ0v) is 11.9. The fourth-order valence-electron chi connectivity index (χ4n) is 1.77. The highest BCUT2D eigenvalue weighted by atomic mass is 35.5. The van der Waals surface area contributed by atoms with Gasteiger partial charge in [0.2, 0.25) is 0 Å². The molecule has 2 aromatic rings. The van der Waals surface area contributed by atoms with Gasteiger partial charge in [0, 0.05) is 18.2 Å². The minimum absolute atomic E-state index is 0. The smallest absolute Gasteiger partial charge is 0.345 e. The van der Waals surface area contributed by atoms with Crippen LogP contribution in [0, 0.1) is 0 Å². The molecule has 2 aromatic heterocycles. The second-order valence-electron chi connectivity index (χ2n) is 3.94. The van der Waals surface area contributed by atoms with Crippen LogP contribution in [0.1, 0.15) is 17.3 Å². The fourth-order valence-corrected chi connectivity index (χ4v) is 1.77. The average molecular weight is 312 g/mol. The van der Waals surface area contributed by atoms with Crippen LogP contribution in [-0.4, -0.2) is 22.4 Å². The Bertz CT molecular complexity index is 701. The summed E-state index contributed by atoms with van der Waals surface area (Å²) in [6.07, 6.45) is 3.23. The molecule has 0 aliphatic rings. The van der Waals surface area contributed by atoms with E-state index in [0.717, 1.165) is 6.07 Å². The van der Waals surface area contributed by atoms with Gasteiger partial charge in [-0.25, -0.2) is 4.79 Å². The maximum absolute atomic E-state index is 11.9. The van der Waals surface area contributed by atoms with Gasteiger partial charge in [-0.05, 0) is 6.92 Å². The lowest BCUT2D eigenvalue weighted by Gasteiger charge is -2.08. The van der Waals surface area contributed by atoms with E-state index >= 15 is 0 Å². The number of hydrogen-bond donors (Lipinski definition) is 2. The van der Waals surface area contributed by atoms with Crippen LogP contribution >= 0.6 is 0 Å². The van der Waals surface area contributed by atoms with Gasteiger partial charge in [0.25, 0.3) is 17.1 Å². The maximum atomic E-state index is 11.9. The van der Waals surface area contributed by atoms with Crippen molar-refractivity contribution in [2.24, 2.45) is 0 Å². The van der Waals surface area contributed by atoms with Crippen LogP contribution in [-0.2, 0) is 4.74 Å². The standard InChI is InChI=1S/C13H13N3O4.ClH/c1-2-20-13(19)9-8-10(17)16(14)12(18)11(9)15-6-4-3-5-7-15;/h3-8H,2,14H2,1H3;1H. The van der Waals surface area contributed by atoms with Crippen molar-refractivity contribution in [2.45, 2.75) is 6.92 Å². The Morgan fingerprint density at radius 2 is 2.00 bits per heavy atom. The third kappa shape index (κ3) is 3.14. The second kappa shape index (κ2) is 6.76. The lowest BCUT2D eigenvalue weighted by molar-refractivity contribution is -0.596. The summed E-state index contributed by atoms with van der Waals surface area (Å²) in [7, 11) is 0. The minimum atomic E-state index is -0.703. The maximum Gasteiger partial charge on any atom is 0.345 e. The number of carbonyl (C=O) groups is 1. The van der Waals surface area contributed by atoms with Crippen LogP contribution in [0.2, 0.25) is 0 Å². The Hall–Kier alpha value is -2.54. The van der Waals surface area contributed by atoms with Crippen LogP contribution in [0.4, 0.5) is 0 Å². The van der Waals surface area contributed by atoms with E-state index in [0.29, 0.717) is 4.68 Å². The van der Waals surface area contributed by atoms with E-state index in [9.17, 15) is 14.7 Å². The van der Waals surface area contributed by atoms with E-state index in [2.05, 4.69) is 0 Å². The minimum Gasteiger partial charge on any atom is -1.00 e. The fraction of sp³-hybridized carbons (Fsp3) is 0.154. The molecule has 112 valence electrons. The van der Waals surface area contributed by atoms with Crippen molar-refractivity contribution in [3.63, 3.8) is 0 Å². The molecule has 0 radical (unpaired) electrons. The lowest BCUT2D eigenvalue weighted by Crippen LogP contribution is -3.00. The second-order valence-corrected chi connectivity index (χ2v) is 3.94. The molecule has 0 aromatic carbocycles. The number of esters is 1. The van der Waals surface area contributed by atoms with E-state index in [1.807, 2.05) is 0 Å². The van der Waals surface area contributed by atoms with Crippen LogP contribution in [0.15, 0.2) is 41.5 Å². The molecule has 0 amide bonds. The predicted molar refractivity (Wildman–Crippen MR) is 70.0 cm³/mol. The molecule has 8 heteroatoms. The number of halogens is 1. The highest BCUT2D eigenvalue weighted by Gasteiger charge is 2.27. The van der Waals surface area contributed by atoms with E-state index in [-0.39, 0.29) is 30.3 Å². The number of nitrogens with zero attached hydrogens (tertiary/aromatic N) is 2. The van der Waals surface area contributed by atoms with Crippen molar-refractivity contribution in [3.05, 3.63) is 52.6 Å². The Kier molecular flexibility index (Phi) is 5.31. The number of aromatic hydroxyl groups is 1. The van der Waals surface area contributed by atoms with Gasteiger partial charge in [-0.15, -0.1) is 0 Å². The third-order valence-electron chi connectivity index (χ3n) is 2.67. The molecule has 0 saturated carbocycles. The highest BCUT2D eigenvalue weighted by molar-refractivity contribution is 5.93. The highest BCUT2D eigenvalue weighted by Crippen LogP contribution is 2.18. The number of aromatic nitrogens is 2. The monoisotopic (exact) mass is 311 g/mol. The van der Waals surface area contributed by atoms with Crippen molar-refractivity contribution < 1.29 is 31.6 Å². The number of hydrogen-bond acceptors (Lipinski definition) is 5. The topological polar surface area (TPSA) is 98.4 Å². The third-order valence-corrected chi connectivity index (χ3v) is 2.67. The normalized spacial score (nSPS) is 9.76. The SMILES string of the molecule is CCOC(=O)c1cc(=O)n(N)c(O)c1-[n+]1ccccc1.[Cl-]. The Morgan fingerprint density at radius 3 is 2.57 bits per heavy atom. The van der Waals surface area contributed by atoms with Crippen molar-refractivity contribution >= 4 is 5.97 Å². The first-order valence-corrected chi connectivity index (χ1v) is 5.94. The van der Waals surface area contributed by atoms with E-state index in [4.69, 9.17) is 10.6 Å². The molecular formula is C13H14ClN3O4. The van der Waals surface area contributed by atoms with Crippen molar-refractivity contribution in [1.29, 1.82) is 0 Å². The first-order chi connectivity index (χ1) is 9.56. The summed E-state index contributed by atoms with van der Waals surface area (Å²) in [5.74, 6) is 4.23. The molecule has 3 N–H and O–H groups in total. The van der Waals surface area contributed by atoms with Crippen LogP contribution in [0.25, 0.3) is 5.69 Å². The number of ether oxygens (including phenoxy) is 1. The molecule has 21 heavy (non-hydrogen) atoms. The van der Waals surface area contributed by atoms with Crippen LogP contribution in [0.5, 0.6) is 5.88 Å². The molecule has 2 heterocycles. The van der Waals surface area contributed by atoms with E-state index in [1.54, 1.807) is 37.5 Å². The van der Waals surface area contributed by atoms with Gasteiger partial charge in [0.05, 0.1) is 6.61 Å². The van der Waals surface area contributed by atoms with Gasteiger partial charge >= 0.3 is 5.97 Å². The van der Waals surface area contributed by atoms with Gasteiger partial charge in [-0.1, -0.05) is 6.07 Å². The summed E-state index contributed by atoms with van der Waals surface area (Å²) >= 11 is 0. The zero-order valence-electron chi connectivity index (χ0n) is 11.2. The largest absolute Gasteiger partial charge is 1.00 e. The molecular weight excluding hydrogens is 298 g/mol.